The SMILES string of the molecule is Cc1c(O)ccc2c1CCN(S(=O)(=O)c1ccccc1)C2. The van der Waals surface area contributed by atoms with Crippen LogP contribution in [0.2, 0.25) is 0 Å². The van der Waals surface area contributed by atoms with Gasteiger partial charge in [0.2, 0.25) is 10.0 Å². The maximum atomic E-state index is 12.6. The van der Waals surface area contributed by atoms with Crippen LogP contribution in [0.25, 0.3) is 0 Å². The third kappa shape index (κ3) is 2.43. The van der Waals surface area contributed by atoms with Gasteiger partial charge < -0.3 is 5.11 Å². The van der Waals surface area contributed by atoms with E-state index < -0.39 is 10.0 Å². The summed E-state index contributed by atoms with van der Waals surface area (Å²) >= 11 is 0. The number of phenolic OH excluding ortho intramolecular Hbond substituents is 1. The van der Waals surface area contributed by atoms with Crippen LogP contribution in [0.15, 0.2) is 47.4 Å². The highest BCUT2D eigenvalue weighted by atomic mass is 32.2. The molecule has 3 rings (SSSR count). The van der Waals surface area contributed by atoms with E-state index >= 15 is 0 Å². The van der Waals surface area contributed by atoms with Gasteiger partial charge in [-0.15, -0.1) is 0 Å². The van der Waals surface area contributed by atoms with Gasteiger partial charge in [0.25, 0.3) is 0 Å². The third-order valence-electron chi connectivity index (χ3n) is 4.01. The van der Waals surface area contributed by atoms with Crippen LogP contribution < -0.4 is 0 Å². The highest BCUT2D eigenvalue weighted by Gasteiger charge is 2.29. The van der Waals surface area contributed by atoms with Crippen molar-refractivity contribution in [2.75, 3.05) is 6.54 Å². The van der Waals surface area contributed by atoms with E-state index in [0.717, 1.165) is 16.7 Å². The van der Waals surface area contributed by atoms with Crippen LogP contribution in [0.5, 0.6) is 5.75 Å². The maximum Gasteiger partial charge on any atom is 0.243 e. The van der Waals surface area contributed by atoms with Crippen molar-refractivity contribution in [1.82, 2.24) is 4.31 Å². The smallest absolute Gasteiger partial charge is 0.243 e. The van der Waals surface area contributed by atoms with Crippen LogP contribution in [0.4, 0.5) is 0 Å². The van der Waals surface area contributed by atoms with Crippen molar-refractivity contribution in [2.24, 2.45) is 0 Å². The molecule has 0 unspecified atom stereocenters. The topological polar surface area (TPSA) is 57.6 Å². The van der Waals surface area contributed by atoms with Crippen LogP contribution in [-0.4, -0.2) is 24.4 Å². The van der Waals surface area contributed by atoms with Gasteiger partial charge in [0.1, 0.15) is 5.75 Å². The number of benzene rings is 2. The van der Waals surface area contributed by atoms with Crippen molar-refractivity contribution in [3.8, 4) is 5.75 Å². The molecule has 110 valence electrons. The van der Waals surface area contributed by atoms with Gasteiger partial charge in [-0.3, -0.25) is 0 Å². The van der Waals surface area contributed by atoms with Crippen LogP contribution in [-0.2, 0) is 23.0 Å². The zero-order chi connectivity index (χ0) is 15.0. The first-order valence-corrected chi connectivity index (χ1v) is 8.29. The predicted octanol–water partition coefficient (Wildman–Crippen LogP) is 2.45. The quantitative estimate of drug-likeness (QED) is 0.927. The second-order valence-electron chi connectivity index (χ2n) is 5.25. The van der Waals surface area contributed by atoms with E-state index in [1.807, 2.05) is 13.0 Å². The fourth-order valence-corrected chi connectivity index (χ4v) is 4.19. The molecule has 0 radical (unpaired) electrons. The largest absolute Gasteiger partial charge is 0.508 e. The lowest BCUT2D eigenvalue weighted by Gasteiger charge is -2.29. The average molecular weight is 303 g/mol. The molecule has 0 fully saturated rings. The Hall–Kier alpha value is -1.85. The van der Waals surface area contributed by atoms with Crippen molar-refractivity contribution in [2.45, 2.75) is 24.8 Å². The average Bonchev–Trinajstić information content (AvgIpc) is 2.51. The van der Waals surface area contributed by atoms with Gasteiger partial charge in [0, 0.05) is 13.1 Å². The molecule has 0 atom stereocenters. The Balaban J connectivity index is 1.95. The Morgan fingerprint density at radius 1 is 1.10 bits per heavy atom. The fourth-order valence-electron chi connectivity index (χ4n) is 2.75. The minimum absolute atomic E-state index is 0.271. The minimum atomic E-state index is -3.46. The number of aromatic hydroxyl groups is 1. The molecule has 0 aliphatic carbocycles. The summed E-state index contributed by atoms with van der Waals surface area (Å²) in [7, 11) is -3.46. The van der Waals surface area contributed by atoms with Crippen LogP contribution in [0, 0.1) is 6.92 Å². The summed E-state index contributed by atoms with van der Waals surface area (Å²) < 4.78 is 26.8. The lowest BCUT2D eigenvalue weighted by molar-refractivity contribution is 0.388. The summed E-state index contributed by atoms with van der Waals surface area (Å²) in [5.74, 6) is 0.271. The molecule has 4 nitrogen and oxygen atoms in total. The molecule has 0 aromatic heterocycles. The Kier molecular flexibility index (Phi) is 3.47. The van der Waals surface area contributed by atoms with E-state index in [0.29, 0.717) is 24.4 Å². The molecule has 5 heteroatoms. The van der Waals surface area contributed by atoms with Gasteiger partial charge in [-0.1, -0.05) is 24.3 Å². The Morgan fingerprint density at radius 2 is 1.81 bits per heavy atom. The Morgan fingerprint density at radius 3 is 2.52 bits per heavy atom. The van der Waals surface area contributed by atoms with Gasteiger partial charge in [0.05, 0.1) is 4.90 Å². The molecule has 1 heterocycles. The van der Waals surface area contributed by atoms with Gasteiger partial charge >= 0.3 is 0 Å². The number of rotatable bonds is 2. The molecule has 0 bridgehead atoms. The standard InChI is InChI=1S/C16H17NO3S/c1-12-15-9-10-17(11-13(15)7-8-16(12)18)21(19,20)14-5-3-2-4-6-14/h2-8,18H,9-11H2,1H3. The first-order valence-electron chi connectivity index (χ1n) is 6.85. The molecule has 1 N–H and O–H groups in total. The first-order chi connectivity index (χ1) is 10.00. The van der Waals surface area contributed by atoms with Crippen LogP contribution in [0.3, 0.4) is 0 Å². The summed E-state index contributed by atoms with van der Waals surface area (Å²) in [4.78, 5) is 0.323. The summed E-state index contributed by atoms with van der Waals surface area (Å²) in [6, 6.07) is 11.9. The number of phenols is 1. The van der Waals surface area contributed by atoms with Crippen molar-refractivity contribution < 1.29 is 13.5 Å². The second-order valence-corrected chi connectivity index (χ2v) is 7.19. The molecule has 0 saturated carbocycles. The summed E-state index contributed by atoms with van der Waals surface area (Å²) in [6.07, 6.45) is 0.627. The Labute approximate surface area is 124 Å². The summed E-state index contributed by atoms with van der Waals surface area (Å²) in [6.45, 7) is 2.66. The van der Waals surface area contributed by atoms with Gasteiger partial charge in [0.15, 0.2) is 0 Å². The van der Waals surface area contributed by atoms with E-state index in [1.165, 1.54) is 4.31 Å². The van der Waals surface area contributed by atoms with E-state index in [2.05, 4.69) is 0 Å². The molecule has 2 aromatic rings. The molecule has 0 spiro atoms. The van der Waals surface area contributed by atoms with Gasteiger partial charge in [-0.05, 0) is 48.2 Å². The van der Waals surface area contributed by atoms with Crippen molar-refractivity contribution >= 4 is 10.0 Å². The highest BCUT2D eigenvalue weighted by Crippen LogP contribution is 2.30. The first kappa shape index (κ1) is 14.1. The number of sulfonamides is 1. The molecule has 1 aliphatic heterocycles. The molecular formula is C16H17NO3S. The summed E-state index contributed by atoms with van der Waals surface area (Å²) in [5.41, 5.74) is 2.88. The van der Waals surface area contributed by atoms with E-state index in [-0.39, 0.29) is 5.75 Å². The molecule has 0 amide bonds. The van der Waals surface area contributed by atoms with Crippen LogP contribution >= 0.6 is 0 Å². The molecular weight excluding hydrogens is 286 g/mol. The van der Waals surface area contributed by atoms with Crippen LogP contribution in [0.1, 0.15) is 16.7 Å². The maximum absolute atomic E-state index is 12.6. The zero-order valence-corrected chi connectivity index (χ0v) is 12.6. The minimum Gasteiger partial charge on any atom is -0.508 e. The highest BCUT2D eigenvalue weighted by molar-refractivity contribution is 7.89. The molecule has 2 aromatic carbocycles. The molecule has 1 aliphatic rings. The van der Waals surface area contributed by atoms with Gasteiger partial charge in [-0.25, -0.2) is 8.42 Å². The lowest BCUT2D eigenvalue weighted by Crippen LogP contribution is -2.36. The molecule has 0 saturated heterocycles. The predicted molar refractivity (Wildman–Crippen MR) is 80.6 cm³/mol. The van der Waals surface area contributed by atoms with Gasteiger partial charge in [-0.2, -0.15) is 4.31 Å². The van der Waals surface area contributed by atoms with E-state index in [1.54, 1.807) is 36.4 Å². The summed E-state index contributed by atoms with van der Waals surface area (Å²) in [5, 5.41) is 9.75. The Bertz CT molecular complexity index is 770. The number of fused-ring (bicyclic) bond motifs is 1. The van der Waals surface area contributed by atoms with E-state index in [9.17, 15) is 13.5 Å². The van der Waals surface area contributed by atoms with Crippen molar-refractivity contribution in [1.29, 1.82) is 0 Å². The lowest BCUT2D eigenvalue weighted by atomic mass is 9.96. The fraction of sp³-hybridized carbons (Fsp3) is 0.250. The third-order valence-corrected chi connectivity index (χ3v) is 5.87. The van der Waals surface area contributed by atoms with Crippen molar-refractivity contribution in [3.05, 3.63) is 59.2 Å². The number of hydrogen-bond donors (Lipinski definition) is 1. The normalized spacial score (nSPS) is 15.7. The monoisotopic (exact) mass is 303 g/mol. The molecule has 21 heavy (non-hydrogen) atoms. The van der Waals surface area contributed by atoms with Crippen molar-refractivity contribution in [3.63, 3.8) is 0 Å². The number of hydrogen-bond acceptors (Lipinski definition) is 3. The zero-order valence-electron chi connectivity index (χ0n) is 11.8. The second kappa shape index (κ2) is 5.16. The number of nitrogens with zero attached hydrogens (tertiary/aromatic N) is 1. The van der Waals surface area contributed by atoms with E-state index in [4.69, 9.17) is 0 Å².